The Hall–Kier alpha value is -2.68. The quantitative estimate of drug-likeness (QED) is 0.569. The normalized spacial score (nSPS) is 11.1. The molecular weight excluding hydrogens is 428 g/mol. The average Bonchev–Trinajstić information content (AvgIpc) is 2.62. The lowest BCUT2D eigenvalue weighted by Crippen LogP contribution is -2.17. The monoisotopic (exact) mass is 439 g/mol. The predicted octanol–water partition coefficient (Wildman–Crippen LogP) is 4.58. The summed E-state index contributed by atoms with van der Waals surface area (Å²) in [5.41, 5.74) is 0.495. The number of anilines is 2. The number of aromatic nitrogens is 1. The topological polar surface area (TPSA) is 88.2 Å². The van der Waals surface area contributed by atoms with Crippen molar-refractivity contribution < 1.29 is 17.6 Å². The lowest BCUT2D eigenvalue weighted by Gasteiger charge is -2.14. The van der Waals surface area contributed by atoms with Crippen molar-refractivity contribution in [2.24, 2.45) is 0 Å². The fourth-order valence-electron chi connectivity index (χ4n) is 2.29. The van der Waals surface area contributed by atoms with Crippen LogP contribution in [0.3, 0.4) is 0 Å². The van der Waals surface area contributed by atoms with E-state index >= 15 is 0 Å². The molecule has 0 atom stereocenters. The van der Waals surface area contributed by atoms with Crippen LogP contribution >= 0.6 is 23.2 Å². The van der Waals surface area contributed by atoms with Crippen molar-refractivity contribution in [1.82, 2.24) is 4.98 Å². The van der Waals surface area contributed by atoms with Gasteiger partial charge in [-0.3, -0.25) is 9.52 Å². The molecule has 1 amide bonds. The standard InChI is InChI=1S/C18H12Cl2FN3O3S/c19-16-9-11(10-17(20)23-16)18(25)22-14-3-1-2-4-15(14)24-28(26,27)13-7-5-12(21)6-8-13/h1-10,24H,(H,22,25). The van der Waals surface area contributed by atoms with Gasteiger partial charge in [0.2, 0.25) is 0 Å². The molecule has 0 unspecified atom stereocenters. The first-order valence-electron chi connectivity index (χ1n) is 7.76. The summed E-state index contributed by atoms with van der Waals surface area (Å²) in [5, 5.41) is 2.68. The Morgan fingerprint density at radius 1 is 0.929 bits per heavy atom. The number of para-hydroxylation sites is 2. The highest BCUT2D eigenvalue weighted by molar-refractivity contribution is 7.92. The maximum absolute atomic E-state index is 13.0. The molecule has 3 aromatic rings. The first kappa shape index (κ1) is 20.1. The maximum atomic E-state index is 13.0. The number of hydrogen-bond acceptors (Lipinski definition) is 4. The second kappa shape index (κ2) is 8.14. The summed E-state index contributed by atoms with van der Waals surface area (Å²) in [6, 6.07) is 13.2. The Bertz CT molecular complexity index is 1120. The Morgan fingerprint density at radius 2 is 1.50 bits per heavy atom. The zero-order valence-electron chi connectivity index (χ0n) is 14.0. The van der Waals surface area contributed by atoms with Crippen LogP contribution in [-0.2, 0) is 10.0 Å². The van der Waals surface area contributed by atoms with E-state index in [0.717, 1.165) is 24.3 Å². The van der Waals surface area contributed by atoms with Gasteiger partial charge in [-0.05, 0) is 48.5 Å². The summed E-state index contributed by atoms with van der Waals surface area (Å²) >= 11 is 11.6. The van der Waals surface area contributed by atoms with Gasteiger partial charge in [-0.2, -0.15) is 0 Å². The molecule has 2 N–H and O–H groups in total. The van der Waals surface area contributed by atoms with Gasteiger partial charge >= 0.3 is 0 Å². The number of pyridine rings is 1. The number of nitrogens with zero attached hydrogens (tertiary/aromatic N) is 1. The highest BCUT2D eigenvalue weighted by Crippen LogP contribution is 2.25. The zero-order valence-corrected chi connectivity index (χ0v) is 16.3. The molecule has 0 bridgehead atoms. The van der Waals surface area contributed by atoms with Crippen molar-refractivity contribution in [2.45, 2.75) is 4.90 Å². The molecule has 1 heterocycles. The molecule has 0 saturated heterocycles. The van der Waals surface area contributed by atoms with Gasteiger partial charge in [0.15, 0.2) is 0 Å². The summed E-state index contributed by atoms with van der Waals surface area (Å²) in [6.45, 7) is 0. The zero-order chi connectivity index (χ0) is 20.3. The van der Waals surface area contributed by atoms with Gasteiger partial charge in [0.25, 0.3) is 15.9 Å². The van der Waals surface area contributed by atoms with Crippen molar-refractivity contribution in [2.75, 3.05) is 10.0 Å². The fraction of sp³-hybridized carbons (Fsp3) is 0. The Labute approximate surface area is 170 Å². The third-order valence-electron chi connectivity index (χ3n) is 3.57. The van der Waals surface area contributed by atoms with Crippen LogP contribution in [0.4, 0.5) is 15.8 Å². The number of amides is 1. The van der Waals surface area contributed by atoms with E-state index < -0.39 is 21.7 Å². The molecule has 10 heteroatoms. The predicted molar refractivity (Wildman–Crippen MR) is 106 cm³/mol. The molecule has 0 fully saturated rings. The van der Waals surface area contributed by atoms with E-state index in [1.807, 2.05) is 0 Å². The number of carbonyl (C=O) groups is 1. The molecule has 0 aliphatic heterocycles. The Kier molecular flexibility index (Phi) is 5.83. The molecule has 6 nitrogen and oxygen atoms in total. The SMILES string of the molecule is O=C(Nc1ccccc1NS(=O)(=O)c1ccc(F)cc1)c1cc(Cl)nc(Cl)c1. The average molecular weight is 440 g/mol. The minimum atomic E-state index is -3.99. The first-order valence-corrected chi connectivity index (χ1v) is 10.0. The molecule has 0 aliphatic rings. The smallest absolute Gasteiger partial charge is 0.261 e. The molecule has 0 aliphatic carbocycles. The Morgan fingerprint density at radius 3 is 2.11 bits per heavy atom. The number of benzene rings is 2. The van der Waals surface area contributed by atoms with E-state index in [1.165, 1.54) is 24.3 Å². The van der Waals surface area contributed by atoms with E-state index in [2.05, 4.69) is 15.0 Å². The highest BCUT2D eigenvalue weighted by Gasteiger charge is 2.17. The van der Waals surface area contributed by atoms with Crippen molar-refractivity contribution in [3.05, 3.63) is 82.4 Å². The second-order valence-corrected chi connectivity index (χ2v) is 8.02. The van der Waals surface area contributed by atoms with E-state index in [0.29, 0.717) is 0 Å². The van der Waals surface area contributed by atoms with Crippen LogP contribution in [0.15, 0.2) is 65.6 Å². The van der Waals surface area contributed by atoms with Crippen molar-refractivity contribution in [1.29, 1.82) is 0 Å². The molecule has 0 radical (unpaired) electrons. The third kappa shape index (κ3) is 4.78. The number of nitrogens with one attached hydrogen (secondary N) is 2. The van der Waals surface area contributed by atoms with Crippen LogP contribution in [0, 0.1) is 5.82 Å². The highest BCUT2D eigenvalue weighted by atomic mass is 35.5. The Balaban J connectivity index is 1.87. The molecule has 3 rings (SSSR count). The van der Waals surface area contributed by atoms with Gasteiger partial charge < -0.3 is 5.32 Å². The van der Waals surface area contributed by atoms with Crippen LogP contribution < -0.4 is 10.0 Å². The second-order valence-electron chi connectivity index (χ2n) is 5.56. The van der Waals surface area contributed by atoms with Crippen molar-refractivity contribution in [3.8, 4) is 0 Å². The number of carbonyl (C=O) groups excluding carboxylic acids is 1. The maximum Gasteiger partial charge on any atom is 0.261 e. The molecule has 28 heavy (non-hydrogen) atoms. The van der Waals surface area contributed by atoms with Crippen molar-refractivity contribution in [3.63, 3.8) is 0 Å². The van der Waals surface area contributed by atoms with Crippen LogP contribution in [0.25, 0.3) is 0 Å². The number of halogens is 3. The molecule has 0 spiro atoms. The van der Waals surface area contributed by atoms with Crippen molar-refractivity contribution >= 4 is 50.5 Å². The summed E-state index contributed by atoms with van der Waals surface area (Å²) in [4.78, 5) is 16.1. The minimum absolute atomic E-state index is 0.0444. The number of hydrogen-bond donors (Lipinski definition) is 2. The lowest BCUT2D eigenvalue weighted by atomic mass is 10.2. The summed E-state index contributed by atoms with van der Waals surface area (Å²) < 4.78 is 40.5. The summed E-state index contributed by atoms with van der Waals surface area (Å²) in [5.74, 6) is -1.11. The minimum Gasteiger partial charge on any atom is -0.320 e. The van der Waals surface area contributed by atoms with Crippen LogP contribution in [-0.4, -0.2) is 19.3 Å². The molecule has 0 saturated carbocycles. The third-order valence-corrected chi connectivity index (χ3v) is 5.34. The van der Waals surface area contributed by atoms with Gasteiger partial charge in [-0.1, -0.05) is 35.3 Å². The van der Waals surface area contributed by atoms with Gasteiger partial charge in [-0.15, -0.1) is 0 Å². The van der Waals surface area contributed by atoms with E-state index in [4.69, 9.17) is 23.2 Å². The molecular formula is C18H12Cl2FN3O3S. The van der Waals surface area contributed by atoms with Gasteiger partial charge in [0, 0.05) is 5.56 Å². The molecule has 2 aromatic carbocycles. The fourth-order valence-corrected chi connectivity index (χ4v) is 3.83. The van der Waals surface area contributed by atoms with E-state index in [1.54, 1.807) is 12.1 Å². The van der Waals surface area contributed by atoms with Crippen LogP contribution in [0.5, 0.6) is 0 Å². The number of sulfonamides is 1. The lowest BCUT2D eigenvalue weighted by molar-refractivity contribution is 0.102. The summed E-state index contributed by atoms with van der Waals surface area (Å²) in [6.07, 6.45) is 0. The summed E-state index contributed by atoms with van der Waals surface area (Å²) in [7, 11) is -3.99. The molecule has 1 aromatic heterocycles. The first-order chi connectivity index (χ1) is 13.2. The number of rotatable bonds is 5. The van der Waals surface area contributed by atoms with E-state index in [-0.39, 0.29) is 32.1 Å². The largest absolute Gasteiger partial charge is 0.320 e. The van der Waals surface area contributed by atoms with E-state index in [9.17, 15) is 17.6 Å². The van der Waals surface area contributed by atoms with Gasteiger partial charge in [0.1, 0.15) is 16.1 Å². The van der Waals surface area contributed by atoms with Crippen LogP contribution in [0.2, 0.25) is 10.3 Å². The molecule has 144 valence electrons. The van der Waals surface area contributed by atoms with Crippen LogP contribution in [0.1, 0.15) is 10.4 Å². The van der Waals surface area contributed by atoms with Gasteiger partial charge in [-0.25, -0.2) is 17.8 Å². The van der Waals surface area contributed by atoms with Gasteiger partial charge in [0.05, 0.1) is 16.3 Å².